The Balaban J connectivity index is 3.06. The first-order chi connectivity index (χ1) is 6.88. The van der Waals surface area contributed by atoms with Crippen molar-refractivity contribution in [3.63, 3.8) is 0 Å². The van der Waals surface area contributed by atoms with E-state index in [1.807, 2.05) is 0 Å². The number of nitrogens with two attached hydrogens (primary N) is 1. The smallest absolute Gasteiger partial charge is 0.151 e. The van der Waals surface area contributed by atoms with E-state index in [1.165, 1.54) is 17.6 Å². The summed E-state index contributed by atoms with van der Waals surface area (Å²) in [5.41, 5.74) is 2.50. The first-order valence-corrected chi connectivity index (χ1v) is 7.47. The van der Waals surface area contributed by atoms with Crippen molar-refractivity contribution in [2.24, 2.45) is 5.84 Å². The topological polar surface area (TPSA) is 72.2 Å². The van der Waals surface area contributed by atoms with Crippen molar-refractivity contribution in [3.05, 3.63) is 21.3 Å². The number of hydrazine groups is 1. The normalized spacial score (nSPS) is 16.3. The molecule has 86 valence electrons. The van der Waals surface area contributed by atoms with Gasteiger partial charge in [-0.3, -0.25) is 11.3 Å². The zero-order chi connectivity index (χ0) is 11.6. The van der Waals surface area contributed by atoms with Gasteiger partial charge in [0.05, 0.1) is 16.3 Å². The molecule has 0 aliphatic carbocycles. The summed E-state index contributed by atoms with van der Waals surface area (Å²) in [5.74, 6) is 5.36. The van der Waals surface area contributed by atoms with E-state index in [4.69, 9.17) is 17.4 Å². The predicted molar refractivity (Wildman–Crippen MR) is 63.7 cm³/mol. The second-order valence-corrected chi connectivity index (χ2v) is 7.07. The van der Waals surface area contributed by atoms with Crippen LogP contribution in [-0.2, 0) is 9.84 Å². The van der Waals surface area contributed by atoms with Crippen LogP contribution in [0.4, 0.5) is 0 Å². The summed E-state index contributed by atoms with van der Waals surface area (Å²) in [6.07, 6.45) is 1.18. The monoisotopic (exact) mass is 268 g/mol. The van der Waals surface area contributed by atoms with Gasteiger partial charge in [0.1, 0.15) is 0 Å². The molecule has 4 nitrogen and oxygen atoms in total. The third-order valence-corrected chi connectivity index (χ3v) is 5.32. The second-order valence-electron chi connectivity index (χ2n) is 3.31. The second kappa shape index (κ2) is 4.80. The zero-order valence-corrected chi connectivity index (χ0v) is 10.8. The first-order valence-electron chi connectivity index (χ1n) is 4.25. The molecule has 1 aromatic heterocycles. The lowest BCUT2D eigenvalue weighted by molar-refractivity contribution is 0.519. The zero-order valence-electron chi connectivity index (χ0n) is 8.40. The minimum Gasteiger partial charge on any atom is -0.271 e. The Kier molecular flexibility index (Phi) is 4.13. The third-order valence-electron chi connectivity index (χ3n) is 2.25. The molecule has 0 amide bonds. The standard InChI is InChI=1S/C8H13ClN2O2S2/c1-5(15(2,12)13)7(11-10)8-6(9)3-4-14-8/h3-5,7,11H,10H2,1-2H3. The summed E-state index contributed by atoms with van der Waals surface area (Å²) in [7, 11) is -3.15. The summed E-state index contributed by atoms with van der Waals surface area (Å²) in [6, 6.07) is 1.26. The lowest BCUT2D eigenvalue weighted by Crippen LogP contribution is -2.38. The SMILES string of the molecule is CC(C(NN)c1sccc1Cl)S(C)(=O)=O. The van der Waals surface area contributed by atoms with Crippen LogP contribution in [0.3, 0.4) is 0 Å². The summed E-state index contributed by atoms with van der Waals surface area (Å²) in [4.78, 5) is 0.747. The minimum absolute atomic E-state index is 0.465. The quantitative estimate of drug-likeness (QED) is 0.639. The van der Waals surface area contributed by atoms with Crippen molar-refractivity contribution in [3.8, 4) is 0 Å². The molecule has 0 radical (unpaired) electrons. The lowest BCUT2D eigenvalue weighted by atomic mass is 10.2. The fraction of sp³-hybridized carbons (Fsp3) is 0.500. The van der Waals surface area contributed by atoms with Crippen molar-refractivity contribution in [2.45, 2.75) is 18.2 Å². The van der Waals surface area contributed by atoms with Crippen molar-refractivity contribution < 1.29 is 8.42 Å². The van der Waals surface area contributed by atoms with Crippen molar-refractivity contribution in [2.75, 3.05) is 6.26 Å². The number of sulfone groups is 1. The van der Waals surface area contributed by atoms with Gasteiger partial charge >= 0.3 is 0 Å². The molecule has 0 bridgehead atoms. The van der Waals surface area contributed by atoms with Crippen LogP contribution in [0.1, 0.15) is 17.8 Å². The number of hydrogen-bond acceptors (Lipinski definition) is 5. The fourth-order valence-electron chi connectivity index (χ4n) is 1.20. The summed E-state index contributed by atoms with van der Waals surface area (Å²) in [6.45, 7) is 1.61. The Morgan fingerprint density at radius 1 is 1.60 bits per heavy atom. The van der Waals surface area contributed by atoms with Gasteiger partial charge in [-0.05, 0) is 18.4 Å². The molecule has 0 fully saturated rings. The molecule has 0 saturated carbocycles. The highest BCUT2D eigenvalue weighted by molar-refractivity contribution is 7.91. The van der Waals surface area contributed by atoms with Gasteiger partial charge in [-0.25, -0.2) is 8.42 Å². The first kappa shape index (κ1) is 12.9. The van der Waals surface area contributed by atoms with E-state index in [1.54, 1.807) is 18.4 Å². The summed E-state index contributed by atoms with van der Waals surface area (Å²) in [5, 5.41) is 1.73. The molecular weight excluding hydrogens is 256 g/mol. The van der Waals surface area contributed by atoms with Crippen LogP contribution in [0.15, 0.2) is 11.4 Å². The van der Waals surface area contributed by atoms with Crippen LogP contribution in [0, 0.1) is 0 Å². The van der Waals surface area contributed by atoms with Gasteiger partial charge < -0.3 is 0 Å². The summed E-state index contributed by atoms with van der Waals surface area (Å²) < 4.78 is 22.8. The Morgan fingerprint density at radius 3 is 2.53 bits per heavy atom. The van der Waals surface area contributed by atoms with Crippen molar-refractivity contribution in [1.82, 2.24) is 5.43 Å². The van der Waals surface area contributed by atoms with Gasteiger partial charge in [-0.2, -0.15) is 0 Å². The van der Waals surface area contributed by atoms with Crippen LogP contribution in [0.5, 0.6) is 0 Å². The number of thiophene rings is 1. The molecule has 0 aliphatic heterocycles. The van der Waals surface area contributed by atoms with E-state index < -0.39 is 21.1 Å². The van der Waals surface area contributed by atoms with E-state index in [0.717, 1.165) is 4.88 Å². The highest BCUT2D eigenvalue weighted by atomic mass is 35.5. The number of halogens is 1. The van der Waals surface area contributed by atoms with Crippen molar-refractivity contribution >= 4 is 32.8 Å². The molecule has 7 heteroatoms. The van der Waals surface area contributed by atoms with Crippen LogP contribution in [-0.4, -0.2) is 19.9 Å². The lowest BCUT2D eigenvalue weighted by Gasteiger charge is -2.20. The largest absolute Gasteiger partial charge is 0.271 e. The van der Waals surface area contributed by atoms with Gasteiger partial charge in [0.2, 0.25) is 0 Å². The molecule has 0 aliphatic rings. The van der Waals surface area contributed by atoms with Crippen LogP contribution < -0.4 is 11.3 Å². The summed E-state index contributed by atoms with van der Waals surface area (Å²) >= 11 is 7.32. The van der Waals surface area contributed by atoms with Crippen LogP contribution >= 0.6 is 22.9 Å². The number of rotatable bonds is 4. The molecule has 0 saturated heterocycles. The molecule has 1 rings (SSSR count). The highest BCUT2D eigenvalue weighted by Crippen LogP contribution is 2.32. The van der Waals surface area contributed by atoms with Crippen molar-refractivity contribution in [1.29, 1.82) is 0 Å². The van der Waals surface area contributed by atoms with Gasteiger partial charge in [-0.15, -0.1) is 11.3 Å². The maximum Gasteiger partial charge on any atom is 0.151 e. The molecule has 3 N–H and O–H groups in total. The molecule has 2 atom stereocenters. The van der Waals surface area contributed by atoms with Crippen LogP contribution in [0.25, 0.3) is 0 Å². The third kappa shape index (κ3) is 2.92. The van der Waals surface area contributed by atoms with Crippen LogP contribution in [0.2, 0.25) is 5.02 Å². The molecule has 15 heavy (non-hydrogen) atoms. The Hall–Kier alpha value is -0.140. The van der Waals surface area contributed by atoms with E-state index >= 15 is 0 Å². The Labute approximate surface area is 98.3 Å². The maximum atomic E-state index is 11.4. The predicted octanol–water partition coefficient (Wildman–Crippen LogP) is 1.34. The fourth-order valence-corrected chi connectivity index (χ4v) is 3.33. The van der Waals surface area contributed by atoms with E-state index in [0.29, 0.717) is 5.02 Å². The van der Waals surface area contributed by atoms with E-state index in [2.05, 4.69) is 5.43 Å². The van der Waals surface area contributed by atoms with Gasteiger partial charge in [0, 0.05) is 11.1 Å². The van der Waals surface area contributed by atoms with Gasteiger partial charge in [0.15, 0.2) is 9.84 Å². The Morgan fingerprint density at radius 2 is 2.20 bits per heavy atom. The average Bonchev–Trinajstić information content (AvgIpc) is 2.52. The number of nitrogens with one attached hydrogen (secondary N) is 1. The Bertz CT molecular complexity index is 430. The van der Waals surface area contributed by atoms with Gasteiger partial charge in [0.25, 0.3) is 0 Å². The molecule has 0 aromatic carbocycles. The molecule has 0 spiro atoms. The molecule has 1 aromatic rings. The minimum atomic E-state index is -3.15. The average molecular weight is 269 g/mol. The van der Waals surface area contributed by atoms with Gasteiger partial charge in [-0.1, -0.05) is 11.6 Å². The van der Waals surface area contributed by atoms with E-state index in [-0.39, 0.29) is 0 Å². The number of hydrogen-bond donors (Lipinski definition) is 2. The van der Waals surface area contributed by atoms with E-state index in [9.17, 15) is 8.42 Å². The molecule has 2 unspecified atom stereocenters. The maximum absolute atomic E-state index is 11.4. The highest BCUT2D eigenvalue weighted by Gasteiger charge is 2.28. The molecule has 1 heterocycles. The molecular formula is C8H13ClN2O2S2.